The van der Waals surface area contributed by atoms with E-state index in [1.165, 1.54) is 11.8 Å². The molecule has 9 heteroatoms. The molecule has 0 saturated carbocycles. The van der Waals surface area contributed by atoms with Crippen LogP contribution in [0.1, 0.15) is 17.4 Å². The van der Waals surface area contributed by atoms with Crippen LogP contribution in [0.5, 0.6) is 0 Å². The molecule has 0 aliphatic rings. The fourth-order valence-corrected chi connectivity index (χ4v) is 3.68. The van der Waals surface area contributed by atoms with Crippen LogP contribution in [0, 0.1) is 13.8 Å². The zero-order valence-electron chi connectivity index (χ0n) is 14.9. The summed E-state index contributed by atoms with van der Waals surface area (Å²) in [5, 5.41) is 18.1. The summed E-state index contributed by atoms with van der Waals surface area (Å²) in [4.78, 5) is 0. The Kier molecular flexibility index (Phi) is 4.75. The molecule has 0 spiro atoms. The van der Waals surface area contributed by atoms with Gasteiger partial charge in [-0.05, 0) is 32.0 Å². The van der Waals surface area contributed by atoms with Crippen LogP contribution in [0.2, 0.25) is 5.02 Å². The van der Waals surface area contributed by atoms with Crippen molar-refractivity contribution >= 4 is 23.4 Å². The Labute approximate surface area is 164 Å². The second kappa shape index (κ2) is 7.21. The fraction of sp³-hybridized carbons (Fsp3) is 0.222. The quantitative estimate of drug-likeness (QED) is 0.448. The van der Waals surface area contributed by atoms with Gasteiger partial charge in [0.1, 0.15) is 11.5 Å². The van der Waals surface area contributed by atoms with Crippen LogP contribution in [0.3, 0.4) is 0 Å². The first-order valence-electron chi connectivity index (χ1n) is 8.20. The van der Waals surface area contributed by atoms with Crippen LogP contribution in [-0.4, -0.2) is 25.0 Å². The highest BCUT2D eigenvalue weighted by molar-refractivity contribution is 7.98. The van der Waals surface area contributed by atoms with Crippen molar-refractivity contribution in [3.63, 3.8) is 0 Å². The molecule has 0 aliphatic carbocycles. The molecule has 3 heterocycles. The van der Waals surface area contributed by atoms with Gasteiger partial charge in [0.05, 0.1) is 16.3 Å². The predicted molar refractivity (Wildman–Crippen MR) is 102 cm³/mol. The number of nitrogens with zero attached hydrogens (tertiary/aromatic N) is 5. The van der Waals surface area contributed by atoms with Gasteiger partial charge in [0.25, 0.3) is 5.89 Å². The SMILES string of the molecule is Cc1cc(-c2nnc(CSc3nnc(-c4ccccc4Cl)n3C)o2)c(C)o1. The van der Waals surface area contributed by atoms with E-state index in [1.807, 2.05) is 55.8 Å². The van der Waals surface area contributed by atoms with E-state index in [4.69, 9.17) is 20.4 Å². The number of aromatic nitrogens is 5. The van der Waals surface area contributed by atoms with Gasteiger partial charge in [-0.2, -0.15) is 0 Å². The molecule has 138 valence electrons. The van der Waals surface area contributed by atoms with Crippen molar-refractivity contribution < 1.29 is 8.83 Å². The Bertz CT molecular complexity index is 1100. The number of furan rings is 1. The zero-order chi connectivity index (χ0) is 19.0. The monoisotopic (exact) mass is 401 g/mol. The Morgan fingerprint density at radius 2 is 1.85 bits per heavy atom. The van der Waals surface area contributed by atoms with E-state index in [2.05, 4.69) is 20.4 Å². The molecule has 0 radical (unpaired) electrons. The predicted octanol–water partition coefficient (Wildman–Crippen LogP) is 4.69. The Hall–Kier alpha value is -2.58. The third-order valence-corrected chi connectivity index (χ3v) is 5.35. The first-order valence-corrected chi connectivity index (χ1v) is 9.56. The molecule has 1 aromatic carbocycles. The molecule has 0 unspecified atom stereocenters. The third kappa shape index (κ3) is 3.50. The van der Waals surface area contributed by atoms with Crippen molar-refractivity contribution in [1.82, 2.24) is 25.0 Å². The van der Waals surface area contributed by atoms with Gasteiger partial charge in [-0.15, -0.1) is 20.4 Å². The highest BCUT2D eigenvalue weighted by Crippen LogP contribution is 2.30. The second-order valence-corrected chi connectivity index (χ2v) is 7.31. The van der Waals surface area contributed by atoms with E-state index in [9.17, 15) is 0 Å². The van der Waals surface area contributed by atoms with Crippen molar-refractivity contribution in [3.05, 3.63) is 52.8 Å². The number of aryl methyl sites for hydroxylation is 2. The van der Waals surface area contributed by atoms with E-state index in [0.29, 0.717) is 28.4 Å². The molecule has 0 atom stereocenters. The molecule has 0 bridgehead atoms. The van der Waals surface area contributed by atoms with Crippen LogP contribution in [0.25, 0.3) is 22.8 Å². The van der Waals surface area contributed by atoms with Gasteiger partial charge in [-0.1, -0.05) is 35.5 Å². The molecular formula is C18H16ClN5O2S. The molecule has 3 aromatic heterocycles. The van der Waals surface area contributed by atoms with Crippen LogP contribution >= 0.6 is 23.4 Å². The Morgan fingerprint density at radius 1 is 1.04 bits per heavy atom. The van der Waals surface area contributed by atoms with Crippen LogP contribution in [-0.2, 0) is 12.8 Å². The standard InChI is InChI=1S/C18H16ClN5O2S/c1-10-8-13(11(2)25-10)17-22-20-15(26-17)9-27-18-23-21-16(24(18)3)12-6-4-5-7-14(12)19/h4-8H,9H2,1-3H3. The molecule has 0 aliphatic heterocycles. The normalized spacial score (nSPS) is 11.3. The fourth-order valence-electron chi connectivity index (χ4n) is 2.71. The summed E-state index contributed by atoms with van der Waals surface area (Å²) in [7, 11) is 1.90. The molecule has 4 rings (SSSR count). The molecule has 27 heavy (non-hydrogen) atoms. The van der Waals surface area contributed by atoms with E-state index in [0.717, 1.165) is 27.8 Å². The minimum absolute atomic E-state index is 0.453. The van der Waals surface area contributed by atoms with Gasteiger partial charge in [-0.3, -0.25) is 0 Å². The molecule has 7 nitrogen and oxygen atoms in total. The molecule has 0 fully saturated rings. The van der Waals surface area contributed by atoms with Crippen molar-refractivity contribution in [2.24, 2.45) is 7.05 Å². The van der Waals surface area contributed by atoms with Gasteiger partial charge in [0, 0.05) is 12.6 Å². The van der Waals surface area contributed by atoms with Crippen molar-refractivity contribution in [2.75, 3.05) is 0 Å². The number of benzene rings is 1. The number of hydrogen-bond acceptors (Lipinski definition) is 7. The van der Waals surface area contributed by atoms with E-state index < -0.39 is 0 Å². The van der Waals surface area contributed by atoms with Gasteiger partial charge in [-0.25, -0.2) is 0 Å². The minimum Gasteiger partial charge on any atom is -0.466 e. The topological polar surface area (TPSA) is 82.8 Å². The summed E-state index contributed by atoms with van der Waals surface area (Å²) in [6.07, 6.45) is 0. The number of halogens is 1. The summed E-state index contributed by atoms with van der Waals surface area (Å²) < 4.78 is 13.2. The molecular weight excluding hydrogens is 386 g/mol. The number of hydrogen-bond donors (Lipinski definition) is 0. The lowest BCUT2D eigenvalue weighted by Crippen LogP contribution is -1.95. The molecule has 4 aromatic rings. The summed E-state index contributed by atoms with van der Waals surface area (Å²) in [5.41, 5.74) is 1.66. The maximum Gasteiger partial charge on any atom is 0.251 e. The lowest BCUT2D eigenvalue weighted by atomic mass is 10.2. The average molecular weight is 402 g/mol. The maximum atomic E-state index is 6.26. The second-order valence-electron chi connectivity index (χ2n) is 5.96. The highest BCUT2D eigenvalue weighted by atomic mass is 35.5. The first kappa shape index (κ1) is 17.8. The summed E-state index contributed by atoms with van der Waals surface area (Å²) in [6, 6.07) is 9.44. The van der Waals surface area contributed by atoms with Crippen molar-refractivity contribution in [3.8, 4) is 22.8 Å². The molecule has 0 saturated heterocycles. The first-order chi connectivity index (χ1) is 13.0. The minimum atomic E-state index is 0.453. The van der Waals surface area contributed by atoms with E-state index in [1.54, 1.807) is 0 Å². The van der Waals surface area contributed by atoms with Crippen LogP contribution < -0.4 is 0 Å². The van der Waals surface area contributed by atoms with Crippen molar-refractivity contribution in [1.29, 1.82) is 0 Å². The molecule has 0 amide bonds. The van der Waals surface area contributed by atoms with Gasteiger partial charge in [0.15, 0.2) is 11.0 Å². The van der Waals surface area contributed by atoms with Gasteiger partial charge >= 0.3 is 0 Å². The lowest BCUT2D eigenvalue weighted by Gasteiger charge is -2.04. The maximum absolute atomic E-state index is 6.26. The highest BCUT2D eigenvalue weighted by Gasteiger charge is 2.17. The summed E-state index contributed by atoms with van der Waals surface area (Å²) >= 11 is 7.73. The summed E-state index contributed by atoms with van der Waals surface area (Å²) in [5.74, 6) is 3.72. The smallest absolute Gasteiger partial charge is 0.251 e. The number of thioether (sulfide) groups is 1. The zero-order valence-corrected chi connectivity index (χ0v) is 16.5. The largest absolute Gasteiger partial charge is 0.466 e. The Morgan fingerprint density at radius 3 is 2.59 bits per heavy atom. The van der Waals surface area contributed by atoms with Gasteiger partial charge in [0.2, 0.25) is 5.89 Å². The van der Waals surface area contributed by atoms with Crippen molar-refractivity contribution in [2.45, 2.75) is 24.8 Å². The third-order valence-electron chi connectivity index (χ3n) is 4.01. The van der Waals surface area contributed by atoms with E-state index in [-0.39, 0.29) is 0 Å². The summed E-state index contributed by atoms with van der Waals surface area (Å²) in [6.45, 7) is 3.75. The average Bonchev–Trinajstić information content (AvgIpc) is 3.33. The van der Waals surface area contributed by atoms with Crippen LogP contribution in [0.4, 0.5) is 0 Å². The van der Waals surface area contributed by atoms with Gasteiger partial charge < -0.3 is 13.4 Å². The Balaban J connectivity index is 1.50. The number of rotatable bonds is 5. The molecule has 0 N–H and O–H groups in total. The van der Waals surface area contributed by atoms with E-state index >= 15 is 0 Å². The van der Waals surface area contributed by atoms with Crippen LogP contribution in [0.15, 0.2) is 44.3 Å². The lowest BCUT2D eigenvalue weighted by molar-refractivity contribution is 0.499.